The first-order valence-corrected chi connectivity index (χ1v) is 9.48. The van der Waals surface area contributed by atoms with Crippen LogP contribution in [0.3, 0.4) is 0 Å². The minimum absolute atomic E-state index is 0.0326. The second-order valence-electron chi connectivity index (χ2n) is 6.99. The second-order valence-corrected chi connectivity index (χ2v) is 6.99. The number of rotatable bonds is 3. The van der Waals surface area contributed by atoms with E-state index in [-0.39, 0.29) is 5.56 Å². The summed E-state index contributed by atoms with van der Waals surface area (Å²) in [6, 6.07) is 10.4. The van der Waals surface area contributed by atoms with Crippen molar-refractivity contribution in [3.63, 3.8) is 0 Å². The summed E-state index contributed by atoms with van der Waals surface area (Å²) in [5, 5.41) is 0. The van der Waals surface area contributed by atoms with Gasteiger partial charge in [-0.15, -0.1) is 0 Å². The zero-order valence-electron chi connectivity index (χ0n) is 15.4. The first-order valence-electron chi connectivity index (χ1n) is 9.48. The summed E-state index contributed by atoms with van der Waals surface area (Å²) < 4.78 is 41.4. The van der Waals surface area contributed by atoms with Crippen molar-refractivity contribution < 1.29 is 13.2 Å². The molecule has 27 heavy (non-hydrogen) atoms. The van der Waals surface area contributed by atoms with Crippen LogP contribution in [0.4, 0.5) is 13.2 Å². The number of hydrogen-bond donors (Lipinski definition) is 0. The Morgan fingerprint density at radius 2 is 1.52 bits per heavy atom. The third-order valence-corrected chi connectivity index (χ3v) is 4.99. The smallest absolute Gasteiger partial charge is 0.134 e. The third-order valence-electron chi connectivity index (χ3n) is 4.99. The Bertz CT molecular complexity index is 838. The van der Waals surface area contributed by atoms with Crippen molar-refractivity contribution in [2.75, 3.05) is 0 Å². The van der Waals surface area contributed by atoms with Crippen molar-refractivity contribution in [3.8, 4) is 11.8 Å². The molecule has 0 heterocycles. The van der Waals surface area contributed by atoms with Crippen LogP contribution in [0.1, 0.15) is 67.2 Å². The van der Waals surface area contributed by atoms with E-state index < -0.39 is 17.8 Å². The monoisotopic (exact) mass is 368 g/mol. The summed E-state index contributed by atoms with van der Waals surface area (Å²) in [6.45, 7) is 1.91. The molecule has 0 radical (unpaired) electrons. The number of benzene rings is 2. The molecular formula is C24H23F3. The molecule has 0 bridgehead atoms. The van der Waals surface area contributed by atoms with Crippen molar-refractivity contribution in [2.24, 2.45) is 0 Å². The van der Waals surface area contributed by atoms with E-state index in [0.29, 0.717) is 30.7 Å². The van der Waals surface area contributed by atoms with Gasteiger partial charge in [0.05, 0.1) is 0 Å². The molecule has 0 spiro atoms. The zero-order valence-corrected chi connectivity index (χ0v) is 15.4. The molecule has 2 aromatic carbocycles. The molecule has 0 N–H and O–H groups in total. The zero-order chi connectivity index (χ0) is 19.2. The van der Waals surface area contributed by atoms with E-state index in [2.05, 4.69) is 11.8 Å². The number of halogens is 3. The predicted molar refractivity (Wildman–Crippen MR) is 104 cm³/mol. The molecule has 0 aromatic heterocycles. The lowest BCUT2D eigenvalue weighted by Crippen LogP contribution is -2.13. The van der Waals surface area contributed by atoms with Crippen molar-refractivity contribution >= 4 is 6.08 Å². The summed E-state index contributed by atoms with van der Waals surface area (Å²) in [5.41, 5.74) is 2.27. The molecule has 1 saturated carbocycles. The predicted octanol–water partition coefficient (Wildman–Crippen LogP) is 6.78. The van der Waals surface area contributed by atoms with Crippen LogP contribution in [-0.4, -0.2) is 6.17 Å². The molecule has 0 aliphatic heterocycles. The molecule has 0 unspecified atom stereocenters. The van der Waals surface area contributed by atoms with E-state index in [9.17, 15) is 13.2 Å². The van der Waals surface area contributed by atoms with E-state index >= 15 is 0 Å². The van der Waals surface area contributed by atoms with Gasteiger partial charge in [0.2, 0.25) is 0 Å². The van der Waals surface area contributed by atoms with Crippen LogP contribution in [0.2, 0.25) is 0 Å². The normalized spacial score (nSPS) is 19.7. The Morgan fingerprint density at radius 3 is 2.11 bits per heavy atom. The van der Waals surface area contributed by atoms with Gasteiger partial charge >= 0.3 is 0 Å². The average molecular weight is 368 g/mol. The van der Waals surface area contributed by atoms with Gasteiger partial charge in [0.15, 0.2) is 0 Å². The Kier molecular flexibility index (Phi) is 6.40. The second kappa shape index (κ2) is 8.95. The van der Waals surface area contributed by atoms with Crippen molar-refractivity contribution in [2.45, 2.75) is 51.1 Å². The van der Waals surface area contributed by atoms with Gasteiger partial charge in [0.25, 0.3) is 0 Å². The average Bonchev–Trinajstić information content (AvgIpc) is 2.67. The van der Waals surface area contributed by atoms with Crippen LogP contribution in [0.5, 0.6) is 0 Å². The van der Waals surface area contributed by atoms with E-state index in [0.717, 1.165) is 18.4 Å². The van der Waals surface area contributed by atoms with Gasteiger partial charge in [-0.05, 0) is 67.9 Å². The highest BCUT2D eigenvalue weighted by Crippen LogP contribution is 2.34. The molecule has 1 aliphatic rings. The minimum Gasteiger partial charge on any atom is -0.247 e. The first kappa shape index (κ1) is 19.3. The van der Waals surface area contributed by atoms with Gasteiger partial charge in [-0.25, -0.2) is 13.2 Å². The van der Waals surface area contributed by atoms with Gasteiger partial charge in [-0.1, -0.05) is 43.0 Å². The summed E-state index contributed by atoms with van der Waals surface area (Å²) in [4.78, 5) is 0. The minimum atomic E-state index is -0.656. The van der Waals surface area contributed by atoms with E-state index in [4.69, 9.17) is 0 Å². The van der Waals surface area contributed by atoms with E-state index in [1.165, 1.54) is 23.8 Å². The van der Waals surface area contributed by atoms with Crippen LogP contribution in [0, 0.1) is 23.5 Å². The first-order chi connectivity index (χ1) is 13.1. The number of hydrogen-bond acceptors (Lipinski definition) is 0. The van der Waals surface area contributed by atoms with Gasteiger partial charge in [0, 0.05) is 16.7 Å². The maximum absolute atomic E-state index is 14.1. The largest absolute Gasteiger partial charge is 0.247 e. The lowest BCUT2D eigenvalue weighted by molar-refractivity contribution is 0.235. The molecule has 3 heteroatoms. The molecule has 1 aliphatic carbocycles. The molecule has 0 saturated heterocycles. The van der Waals surface area contributed by atoms with Crippen molar-refractivity contribution in [1.82, 2.24) is 0 Å². The molecule has 1 fully saturated rings. The maximum atomic E-state index is 14.1. The fraction of sp³-hybridized carbons (Fsp3) is 0.333. The van der Waals surface area contributed by atoms with Gasteiger partial charge in [-0.2, -0.15) is 0 Å². The molecule has 3 rings (SSSR count). The van der Waals surface area contributed by atoms with Crippen LogP contribution in [0.25, 0.3) is 6.08 Å². The highest BCUT2D eigenvalue weighted by atomic mass is 19.1. The van der Waals surface area contributed by atoms with Crippen LogP contribution >= 0.6 is 0 Å². The lowest BCUT2D eigenvalue weighted by Gasteiger charge is -2.24. The third kappa shape index (κ3) is 5.04. The Morgan fingerprint density at radius 1 is 0.926 bits per heavy atom. The fourth-order valence-electron chi connectivity index (χ4n) is 3.42. The van der Waals surface area contributed by atoms with Crippen LogP contribution < -0.4 is 0 Å². The maximum Gasteiger partial charge on any atom is 0.134 e. The number of allylic oxidation sites excluding steroid dienone is 1. The standard InChI is InChI=1S/C24H23F3/c1-2-3-4-22-23(26)15-18(16-24(22)27)6-5-17-7-9-19(10-8-17)20-11-13-21(25)14-12-20/h3-4,7-10,15-16,20-21H,2,11-14H2,1H3/b4-3+. The molecular weight excluding hydrogens is 345 g/mol. The highest BCUT2D eigenvalue weighted by Gasteiger charge is 2.21. The molecule has 0 nitrogen and oxygen atoms in total. The lowest BCUT2D eigenvalue weighted by atomic mass is 9.83. The van der Waals surface area contributed by atoms with Crippen LogP contribution in [-0.2, 0) is 0 Å². The quantitative estimate of drug-likeness (QED) is 0.524. The van der Waals surface area contributed by atoms with Crippen molar-refractivity contribution in [3.05, 3.63) is 76.4 Å². The fourth-order valence-corrected chi connectivity index (χ4v) is 3.42. The molecule has 0 atom stereocenters. The van der Waals surface area contributed by atoms with Gasteiger partial charge in [0.1, 0.15) is 17.8 Å². The summed E-state index contributed by atoms with van der Waals surface area (Å²) in [6.07, 6.45) is 6.25. The summed E-state index contributed by atoms with van der Waals surface area (Å²) in [7, 11) is 0. The van der Waals surface area contributed by atoms with Gasteiger partial charge < -0.3 is 0 Å². The summed E-state index contributed by atoms with van der Waals surface area (Å²) >= 11 is 0. The Hall–Kier alpha value is -2.47. The SMILES string of the molecule is CC/C=C/c1c(F)cc(C#Cc2ccc(C3CCC(F)CC3)cc2)cc1F. The highest BCUT2D eigenvalue weighted by molar-refractivity contribution is 5.54. The Labute approximate surface area is 159 Å². The van der Waals surface area contributed by atoms with Crippen LogP contribution in [0.15, 0.2) is 42.5 Å². The van der Waals surface area contributed by atoms with E-state index in [1.807, 2.05) is 31.2 Å². The topological polar surface area (TPSA) is 0 Å². The van der Waals surface area contributed by atoms with Crippen molar-refractivity contribution in [1.29, 1.82) is 0 Å². The number of alkyl halides is 1. The van der Waals surface area contributed by atoms with E-state index in [1.54, 1.807) is 6.08 Å². The Balaban J connectivity index is 1.73. The molecule has 0 amide bonds. The van der Waals surface area contributed by atoms with Gasteiger partial charge in [-0.3, -0.25) is 0 Å². The molecule has 2 aromatic rings. The summed E-state index contributed by atoms with van der Waals surface area (Å²) in [5.74, 6) is 4.97. The molecule has 140 valence electrons.